The number of hydrogen-bond acceptors (Lipinski definition) is 2. The lowest BCUT2D eigenvalue weighted by molar-refractivity contribution is 0.0600. The van der Waals surface area contributed by atoms with Gasteiger partial charge in [-0.2, -0.15) is 0 Å². The van der Waals surface area contributed by atoms with Gasteiger partial charge in [0, 0.05) is 0 Å². The molecule has 0 unspecified atom stereocenters. The normalized spacial score (nSPS) is 9.58. The van der Waals surface area contributed by atoms with Crippen molar-refractivity contribution in [1.29, 1.82) is 0 Å². The summed E-state index contributed by atoms with van der Waals surface area (Å²) in [6.45, 7) is 5.65. The molecule has 0 amide bonds. The molecule has 0 aliphatic rings. The summed E-state index contributed by atoms with van der Waals surface area (Å²) in [6, 6.07) is 5.39. The van der Waals surface area contributed by atoms with Crippen molar-refractivity contribution < 1.29 is 9.53 Å². The third-order valence-electron chi connectivity index (χ3n) is 1.85. The van der Waals surface area contributed by atoms with E-state index >= 15 is 0 Å². The van der Waals surface area contributed by atoms with Crippen LogP contribution in [0.1, 0.15) is 21.5 Å². The molecule has 0 aliphatic heterocycles. The van der Waals surface area contributed by atoms with Crippen LogP contribution in [0.3, 0.4) is 0 Å². The van der Waals surface area contributed by atoms with Gasteiger partial charge in [-0.1, -0.05) is 12.1 Å². The number of hydrogen-bond donors (Lipinski definition) is 0. The summed E-state index contributed by atoms with van der Waals surface area (Å²) >= 11 is 0. The third-order valence-corrected chi connectivity index (χ3v) is 1.85. The van der Waals surface area contributed by atoms with Crippen molar-refractivity contribution >= 4 is 5.97 Å². The summed E-state index contributed by atoms with van der Waals surface area (Å²) in [4.78, 5) is 11.1. The first-order valence-electron chi connectivity index (χ1n) is 3.66. The van der Waals surface area contributed by atoms with Crippen LogP contribution >= 0.6 is 0 Å². The van der Waals surface area contributed by atoms with Crippen molar-refractivity contribution in [2.45, 2.75) is 6.92 Å². The SMILES string of the molecule is [CH2]c1cccc(C(=O)OC)c1C. The fraction of sp³-hybridized carbons (Fsp3) is 0.200. The lowest BCUT2D eigenvalue weighted by Crippen LogP contribution is -2.04. The van der Waals surface area contributed by atoms with Crippen LogP contribution in [-0.2, 0) is 4.74 Å². The van der Waals surface area contributed by atoms with E-state index in [0.717, 1.165) is 11.1 Å². The molecule has 0 spiro atoms. The van der Waals surface area contributed by atoms with Gasteiger partial charge in [0.25, 0.3) is 0 Å². The van der Waals surface area contributed by atoms with Gasteiger partial charge in [0.05, 0.1) is 12.7 Å². The van der Waals surface area contributed by atoms with Crippen LogP contribution in [0.15, 0.2) is 18.2 Å². The summed E-state index contributed by atoms with van der Waals surface area (Å²) in [7, 11) is 1.37. The fourth-order valence-corrected chi connectivity index (χ4v) is 1.01. The van der Waals surface area contributed by atoms with Gasteiger partial charge in [0.15, 0.2) is 0 Å². The molecule has 0 atom stereocenters. The van der Waals surface area contributed by atoms with E-state index in [1.54, 1.807) is 12.1 Å². The minimum Gasteiger partial charge on any atom is -0.465 e. The van der Waals surface area contributed by atoms with Gasteiger partial charge in [0.1, 0.15) is 0 Å². The molecule has 1 radical (unpaired) electrons. The first-order valence-corrected chi connectivity index (χ1v) is 3.66. The van der Waals surface area contributed by atoms with Crippen LogP contribution in [-0.4, -0.2) is 13.1 Å². The van der Waals surface area contributed by atoms with Crippen molar-refractivity contribution in [1.82, 2.24) is 0 Å². The number of rotatable bonds is 1. The summed E-state index contributed by atoms with van der Waals surface area (Å²) in [5.74, 6) is -0.307. The van der Waals surface area contributed by atoms with E-state index in [4.69, 9.17) is 0 Å². The number of carbonyl (C=O) groups is 1. The number of benzene rings is 1. The molecule has 63 valence electrons. The Labute approximate surface area is 72.2 Å². The molecule has 0 aliphatic carbocycles. The van der Waals surface area contributed by atoms with Crippen LogP contribution in [0.25, 0.3) is 0 Å². The summed E-state index contributed by atoms with van der Waals surface area (Å²) in [6.07, 6.45) is 0. The second kappa shape index (κ2) is 3.39. The van der Waals surface area contributed by atoms with Gasteiger partial charge in [-0.05, 0) is 31.0 Å². The number of ether oxygens (including phenoxy) is 1. The van der Waals surface area contributed by atoms with Crippen LogP contribution in [0.4, 0.5) is 0 Å². The lowest BCUT2D eigenvalue weighted by Gasteiger charge is -2.05. The highest BCUT2D eigenvalue weighted by molar-refractivity contribution is 5.91. The maximum atomic E-state index is 11.1. The van der Waals surface area contributed by atoms with E-state index in [9.17, 15) is 4.79 Å². The predicted octanol–water partition coefficient (Wildman–Crippen LogP) is 1.96. The van der Waals surface area contributed by atoms with Gasteiger partial charge in [0.2, 0.25) is 0 Å². The number of methoxy groups -OCH3 is 1. The van der Waals surface area contributed by atoms with E-state index in [1.807, 2.05) is 13.0 Å². The Kier molecular flexibility index (Phi) is 2.48. The molecular weight excluding hydrogens is 152 g/mol. The topological polar surface area (TPSA) is 26.3 Å². The highest BCUT2D eigenvalue weighted by Crippen LogP contribution is 2.12. The highest BCUT2D eigenvalue weighted by Gasteiger charge is 2.08. The molecule has 2 heteroatoms. The number of esters is 1. The smallest absolute Gasteiger partial charge is 0.338 e. The van der Waals surface area contributed by atoms with Crippen molar-refractivity contribution in [2.24, 2.45) is 0 Å². The average molecular weight is 163 g/mol. The molecule has 0 N–H and O–H groups in total. The molecule has 12 heavy (non-hydrogen) atoms. The minimum atomic E-state index is -0.307. The van der Waals surface area contributed by atoms with Crippen molar-refractivity contribution in [2.75, 3.05) is 7.11 Å². The summed E-state index contributed by atoms with van der Waals surface area (Å²) in [5, 5.41) is 0. The fourth-order valence-electron chi connectivity index (χ4n) is 1.01. The average Bonchev–Trinajstić information content (AvgIpc) is 2.08. The Morgan fingerprint density at radius 2 is 2.17 bits per heavy atom. The second-order valence-corrected chi connectivity index (χ2v) is 2.58. The van der Waals surface area contributed by atoms with Crippen LogP contribution in [0.2, 0.25) is 0 Å². The summed E-state index contributed by atoms with van der Waals surface area (Å²) < 4.78 is 4.61. The third kappa shape index (κ3) is 1.47. The molecular formula is C10H11O2. The van der Waals surface area contributed by atoms with Gasteiger partial charge in [-0.3, -0.25) is 0 Å². The van der Waals surface area contributed by atoms with Gasteiger partial charge >= 0.3 is 5.97 Å². The first-order chi connectivity index (χ1) is 5.66. The van der Waals surface area contributed by atoms with Crippen LogP contribution < -0.4 is 0 Å². The Morgan fingerprint density at radius 1 is 1.50 bits per heavy atom. The van der Waals surface area contributed by atoms with E-state index in [2.05, 4.69) is 11.7 Å². The molecule has 0 heterocycles. The van der Waals surface area contributed by atoms with Crippen LogP contribution in [0, 0.1) is 13.8 Å². The van der Waals surface area contributed by atoms with Gasteiger partial charge in [-0.25, -0.2) is 4.79 Å². The largest absolute Gasteiger partial charge is 0.465 e. The molecule has 1 rings (SSSR count). The highest BCUT2D eigenvalue weighted by atomic mass is 16.5. The monoisotopic (exact) mass is 163 g/mol. The Bertz CT molecular complexity index is 303. The quantitative estimate of drug-likeness (QED) is 0.591. The summed E-state index contributed by atoms with van der Waals surface area (Å²) in [5.41, 5.74) is 2.33. The Hall–Kier alpha value is -1.31. The molecule has 2 nitrogen and oxygen atoms in total. The van der Waals surface area contributed by atoms with E-state index in [0.29, 0.717) is 5.56 Å². The van der Waals surface area contributed by atoms with Crippen molar-refractivity contribution in [3.63, 3.8) is 0 Å². The number of carbonyl (C=O) groups excluding carboxylic acids is 1. The zero-order chi connectivity index (χ0) is 9.14. The molecule has 0 fully saturated rings. The van der Waals surface area contributed by atoms with Crippen LogP contribution in [0.5, 0.6) is 0 Å². The zero-order valence-electron chi connectivity index (χ0n) is 7.26. The van der Waals surface area contributed by atoms with Crippen molar-refractivity contribution in [3.8, 4) is 0 Å². The Balaban J connectivity index is 3.16. The molecule has 1 aromatic rings. The first kappa shape index (κ1) is 8.78. The predicted molar refractivity (Wildman–Crippen MR) is 47.0 cm³/mol. The zero-order valence-corrected chi connectivity index (χ0v) is 7.26. The van der Waals surface area contributed by atoms with Gasteiger partial charge < -0.3 is 4.74 Å². The van der Waals surface area contributed by atoms with E-state index in [-0.39, 0.29) is 5.97 Å². The molecule has 0 saturated carbocycles. The van der Waals surface area contributed by atoms with E-state index < -0.39 is 0 Å². The molecule has 0 aromatic heterocycles. The standard InChI is InChI=1S/C10H11O2/c1-7-5-4-6-9(8(7)2)10(11)12-3/h4-6H,1H2,2-3H3. The minimum absolute atomic E-state index is 0.307. The molecule has 1 aromatic carbocycles. The van der Waals surface area contributed by atoms with E-state index in [1.165, 1.54) is 7.11 Å². The second-order valence-electron chi connectivity index (χ2n) is 2.58. The lowest BCUT2D eigenvalue weighted by atomic mass is 10.0. The van der Waals surface area contributed by atoms with Gasteiger partial charge in [-0.15, -0.1) is 0 Å². The molecule has 0 bridgehead atoms. The maximum Gasteiger partial charge on any atom is 0.338 e. The Morgan fingerprint density at radius 3 is 2.75 bits per heavy atom. The molecule has 0 saturated heterocycles. The maximum absolute atomic E-state index is 11.1. The van der Waals surface area contributed by atoms with Crippen molar-refractivity contribution in [3.05, 3.63) is 41.8 Å².